The summed E-state index contributed by atoms with van der Waals surface area (Å²) in [6, 6.07) is 3.95. The van der Waals surface area contributed by atoms with Crippen LogP contribution in [0.25, 0.3) is 0 Å². The summed E-state index contributed by atoms with van der Waals surface area (Å²) in [7, 11) is 0. The fourth-order valence-electron chi connectivity index (χ4n) is 1.00. The van der Waals surface area contributed by atoms with Crippen LogP contribution in [0.15, 0.2) is 30.9 Å². The fraction of sp³-hybridized carbons (Fsp3) is 0.111. The SMILES string of the molecule is C=CC(N)c1c(O)cccc1O. The molecule has 0 saturated heterocycles. The van der Waals surface area contributed by atoms with Crippen LogP contribution < -0.4 is 5.73 Å². The van der Waals surface area contributed by atoms with Gasteiger partial charge in [0, 0.05) is 0 Å². The monoisotopic (exact) mass is 165 g/mol. The molecule has 0 fully saturated rings. The van der Waals surface area contributed by atoms with Gasteiger partial charge < -0.3 is 15.9 Å². The van der Waals surface area contributed by atoms with Gasteiger partial charge in [-0.25, -0.2) is 0 Å². The molecule has 1 aromatic rings. The van der Waals surface area contributed by atoms with Crippen molar-refractivity contribution in [1.82, 2.24) is 0 Å². The lowest BCUT2D eigenvalue weighted by Crippen LogP contribution is -2.06. The highest BCUT2D eigenvalue weighted by Crippen LogP contribution is 2.31. The zero-order valence-electron chi connectivity index (χ0n) is 6.57. The molecule has 1 aromatic carbocycles. The molecule has 64 valence electrons. The lowest BCUT2D eigenvalue weighted by Gasteiger charge is -2.10. The van der Waals surface area contributed by atoms with Crippen LogP contribution in [0.5, 0.6) is 11.5 Å². The Kier molecular flexibility index (Phi) is 2.35. The van der Waals surface area contributed by atoms with Gasteiger partial charge in [-0.05, 0) is 12.1 Å². The summed E-state index contributed by atoms with van der Waals surface area (Å²) >= 11 is 0. The average molecular weight is 165 g/mol. The normalized spacial score (nSPS) is 12.4. The van der Waals surface area contributed by atoms with Crippen molar-refractivity contribution in [3.05, 3.63) is 36.4 Å². The number of phenolic OH excluding ortho intramolecular Hbond substituents is 2. The van der Waals surface area contributed by atoms with Crippen molar-refractivity contribution in [1.29, 1.82) is 0 Å². The van der Waals surface area contributed by atoms with Crippen molar-refractivity contribution in [3.63, 3.8) is 0 Å². The van der Waals surface area contributed by atoms with Crippen molar-refractivity contribution in [2.24, 2.45) is 5.73 Å². The first-order valence-electron chi connectivity index (χ1n) is 3.55. The van der Waals surface area contributed by atoms with Gasteiger partial charge in [-0.2, -0.15) is 0 Å². The van der Waals surface area contributed by atoms with Gasteiger partial charge >= 0.3 is 0 Å². The number of phenols is 2. The Morgan fingerprint density at radius 1 is 1.33 bits per heavy atom. The standard InChI is InChI=1S/C9H11NO2/c1-2-6(10)9-7(11)4-3-5-8(9)12/h2-6,11-12H,1,10H2. The molecule has 1 unspecified atom stereocenters. The average Bonchev–Trinajstić information content (AvgIpc) is 2.03. The van der Waals surface area contributed by atoms with E-state index in [1.807, 2.05) is 0 Å². The van der Waals surface area contributed by atoms with Crippen molar-refractivity contribution in [3.8, 4) is 11.5 Å². The Morgan fingerprint density at radius 2 is 1.83 bits per heavy atom. The first-order chi connectivity index (χ1) is 5.66. The Bertz CT molecular complexity index is 276. The molecule has 0 aromatic heterocycles. The Labute approximate surface area is 70.8 Å². The van der Waals surface area contributed by atoms with Crippen LogP contribution in [-0.4, -0.2) is 10.2 Å². The van der Waals surface area contributed by atoms with Crippen molar-refractivity contribution in [2.45, 2.75) is 6.04 Å². The molecule has 0 bridgehead atoms. The molecule has 0 aliphatic carbocycles. The Balaban J connectivity index is 3.20. The Hall–Kier alpha value is -1.48. The van der Waals surface area contributed by atoms with Crippen LogP contribution >= 0.6 is 0 Å². The summed E-state index contributed by atoms with van der Waals surface area (Å²) in [5.41, 5.74) is 5.87. The third kappa shape index (κ3) is 1.40. The molecule has 0 amide bonds. The predicted molar refractivity (Wildman–Crippen MR) is 46.9 cm³/mol. The topological polar surface area (TPSA) is 66.5 Å². The van der Waals surface area contributed by atoms with Gasteiger partial charge in [0.2, 0.25) is 0 Å². The molecular formula is C9H11NO2. The highest BCUT2D eigenvalue weighted by molar-refractivity contribution is 5.46. The smallest absolute Gasteiger partial charge is 0.124 e. The summed E-state index contributed by atoms with van der Waals surface area (Å²) in [5.74, 6) is -0.0233. The van der Waals surface area contributed by atoms with Gasteiger partial charge in [0.1, 0.15) is 11.5 Å². The van der Waals surface area contributed by atoms with Crippen molar-refractivity contribution < 1.29 is 10.2 Å². The zero-order valence-corrected chi connectivity index (χ0v) is 6.57. The van der Waals surface area contributed by atoms with E-state index < -0.39 is 6.04 Å². The maximum Gasteiger partial charge on any atom is 0.124 e. The lowest BCUT2D eigenvalue weighted by molar-refractivity contribution is 0.435. The molecule has 0 radical (unpaired) electrons. The van der Waals surface area contributed by atoms with E-state index in [0.29, 0.717) is 5.56 Å². The molecular weight excluding hydrogens is 154 g/mol. The van der Waals surface area contributed by atoms with E-state index in [4.69, 9.17) is 5.73 Å². The van der Waals surface area contributed by atoms with E-state index in [-0.39, 0.29) is 11.5 Å². The van der Waals surface area contributed by atoms with E-state index in [9.17, 15) is 10.2 Å². The summed E-state index contributed by atoms with van der Waals surface area (Å²) < 4.78 is 0. The summed E-state index contributed by atoms with van der Waals surface area (Å²) in [5, 5.41) is 18.6. The van der Waals surface area contributed by atoms with E-state index in [2.05, 4.69) is 6.58 Å². The highest BCUT2D eigenvalue weighted by atomic mass is 16.3. The molecule has 12 heavy (non-hydrogen) atoms. The summed E-state index contributed by atoms with van der Waals surface area (Å²) in [6.07, 6.45) is 1.45. The lowest BCUT2D eigenvalue weighted by atomic mass is 10.1. The second kappa shape index (κ2) is 3.28. The Morgan fingerprint density at radius 3 is 2.25 bits per heavy atom. The van der Waals surface area contributed by atoms with E-state index in [0.717, 1.165) is 0 Å². The molecule has 0 aliphatic rings. The van der Waals surface area contributed by atoms with Gasteiger partial charge in [0.25, 0.3) is 0 Å². The van der Waals surface area contributed by atoms with Crippen LogP contribution in [0.1, 0.15) is 11.6 Å². The van der Waals surface area contributed by atoms with E-state index >= 15 is 0 Å². The molecule has 3 heteroatoms. The third-order valence-corrected chi connectivity index (χ3v) is 1.65. The molecule has 3 nitrogen and oxygen atoms in total. The number of nitrogens with two attached hydrogens (primary N) is 1. The fourth-order valence-corrected chi connectivity index (χ4v) is 1.00. The summed E-state index contributed by atoms with van der Waals surface area (Å²) in [4.78, 5) is 0. The minimum absolute atomic E-state index is 0.0117. The van der Waals surface area contributed by atoms with Gasteiger partial charge in [0.15, 0.2) is 0 Å². The first-order valence-corrected chi connectivity index (χ1v) is 3.55. The van der Waals surface area contributed by atoms with E-state index in [1.54, 1.807) is 6.07 Å². The molecule has 0 spiro atoms. The number of aromatic hydroxyl groups is 2. The minimum atomic E-state index is -0.536. The number of rotatable bonds is 2. The minimum Gasteiger partial charge on any atom is -0.507 e. The summed E-state index contributed by atoms with van der Waals surface area (Å²) in [6.45, 7) is 3.47. The molecule has 0 aliphatic heterocycles. The highest BCUT2D eigenvalue weighted by Gasteiger charge is 2.11. The maximum absolute atomic E-state index is 9.31. The van der Waals surface area contributed by atoms with Crippen molar-refractivity contribution >= 4 is 0 Å². The molecule has 4 N–H and O–H groups in total. The third-order valence-electron chi connectivity index (χ3n) is 1.65. The predicted octanol–water partition coefficient (Wildman–Crippen LogP) is 1.28. The van der Waals surface area contributed by atoms with Gasteiger partial charge in [-0.1, -0.05) is 12.1 Å². The quantitative estimate of drug-likeness (QED) is 0.578. The zero-order chi connectivity index (χ0) is 9.14. The number of hydrogen-bond donors (Lipinski definition) is 3. The van der Waals surface area contributed by atoms with Crippen LogP contribution in [0.4, 0.5) is 0 Å². The van der Waals surface area contributed by atoms with Crippen LogP contribution in [0.2, 0.25) is 0 Å². The second-order valence-corrected chi connectivity index (χ2v) is 2.47. The second-order valence-electron chi connectivity index (χ2n) is 2.47. The maximum atomic E-state index is 9.31. The van der Waals surface area contributed by atoms with E-state index in [1.165, 1.54) is 18.2 Å². The van der Waals surface area contributed by atoms with Gasteiger partial charge in [0.05, 0.1) is 11.6 Å². The molecule has 1 rings (SSSR count). The number of benzene rings is 1. The van der Waals surface area contributed by atoms with Crippen molar-refractivity contribution in [2.75, 3.05) is 0 Å². The van der Waals surface area contributed by atoms with Crippen LogP contribution in [0, 0.1) is 0 Å². The van der Waals surface area contributed by atoms with Gasteiger partial charge in [-0.15, -0.1) is 6.58 Å². The molecule has 1 atom stereocenters. The first kappa shape index (κ1) is 8.62. The molecule has 0 heterocycles. The van der Waals surface area contributed by atoms with Crippen LogP contribution in [-0.2, 0) is 0 Å². The van der Waals surface area contributed by atoms with Crippen LogP contribution in [0.3, 0.4) is 0 Å². The number of hydrogen-bond acceptors (Lipinski definition) is 3. The molecule has 0 saturated carbocycles. The largest absolute Gasteiger partial charge is 0.507 e. The van der Waals surface area contributed by atoms with Gasteiger partial charge in [-0.3, -0.25) is 0 Å².